The van der Waals surface area contributed by atoms with Gasteiger partial charge in [0, 0.05) is 19.3 Å². The zero-order valence-corrected chi connectivity index (χ0v) is 10.4. The second kappa shape index (κ2) is 5.52. The number of carbonyl (C=O) groups is 2. The van der Waals surface area contributed by atoms with E-state index in [4.69, 9.17) is 5.11 Å². The molecule has 0 saturated carbocycles. The highest BCUT2D eigenvalue weighted by Gasteiger charge is 2.24. The molecule has 17 heavy (non-hydrogen) atoms. The topological polar surface area (TPSA) is 62.5 Å². The third kappa shape index (κ3) is 3.09. The average molecular weight is 238 g/mol. The van der Waals surface area contributed by atoms with Crippen LogP contribution in [0.2, 0.25) is 0 Å². The molecule has 0 aliphatic heterocycles. The van der Waals surface area contributed by atoms with E-state index in [-0.39, 0.29) is 18.5 Å². The molecule has 1 unspecified atom stereocenters. The maximum absolute atomic E-state index is 12.2. The first-order valence-corrected chi connectivity index (χ1v) is 5.61. The molecule has 0 aliphatic carbocycles. The molecule has 1 N–H and O–H groups in total. The average Bonchev–Trinajstić information content (AvgIpc) is 2.70. The van der Waals surface area contributed by atoms with Crippen LogP contribution in [0.4, 0.5) is 0 Å². The van der Waals surface area contributed by atoms with Crippen LogP contribution in [0, 0.1) is 0 Å². The highest BCUT2D eigenvalue weighted by molar-refractivity contribution is 5.94. The summed E-state index contributed by atoms with van der Waals surface area (Å²) in [5, 5.41) is 8.84. The molecular weight excluding hydrogens is 220 g/mol. The van der Waals surface area contributed by atoms with Crippen molar-refractivity contribution in [3.8, 4) is 0 Å². The van der Waals surface area contributed by atoms with Crippen LogP contribution in [-0.2, 0) is 11.8 Å². The minimum Gasteiger partial charge on any atom is -0.480 e. The zero-order valence-electron chi connectivity index (χ0n) is 10.4. The number of hydrogen-bond acceptors (Lipinski definition) is 2. The van der Waals surface area contributed by atoms with Gasteiger partial charge in [-0.3, -0.25) is 9.59 Å². The molecule has 5 nitrogen and oxygen atoms in total. The molecule has 1 amide bonds. The van der Waals surface area contributed by atoms with Gasteiger partial charge < -0.3 is 14.6 Å². The molecule has 94 valence electrons. The van der Waals surface area contributed by atoms with Crippen LogP contribution in [0.3, 0.4) is 0 Å². The lowest BCUT2D eigenvalue weighted by Crippen LogP contribution is -2.42. The molecule has 1 aromatic rings. The molecule has 0 saturated heterocycles. The minimum atomic E-state index is -0.993. The Hall–Kier alpha value is -1.78. The first-order valence-electron chi connectivity index (χ1n) is 5.61. The summed E-state index contributed by atoms with van der Waals surface area (Å²) in [6.07, 6.45) is 2.49. The monoisotopic (exact) mass is 238 g/mol. The summed E-state index contributed by atoms with van der Waals surface area (Å²) in [5.41, 5.74) is 0.506. The Balaban J connectivity index is 2.94. The summed E-state index contributed by atoms with van der Waals surface area (Å²) in [7, 11) is 1.77. The van der Waals surface area contributed by atoms with Crippen molar-refractivity contribution in [2.24, 2.45) is 7.05 Å². The lowest BCUT2D eigenvalue weighted by Gasteiger charge is -2.27. The summed E-state index contributed by atoms with van der Waals surface area (Å²) in [6.45, 7) is 3.51. The second-order valence-corrected chi connectivity index (χ2v) is 4.09. The number of carbonyl (C=O) groups excluding carboxylic acids is 1. The number of nitrogens with zero attached hydrogens (tertiary/aromatic N) is 2. The minimum absolute atomic E-state index is 0.0894. The van der Waals surface area contributed by atoms with Gasteiger partial charge in [0.1, 0.15) is 12.2 Å². The molecule has 0 radical (unpaired) electrons. The number of aryl methyl sites for hydroxylation is 1. The number of aromatic nitrogens is 1. The Kier molecular flexibility index (Phi) is 4.31. The van der Waals surface area contributed by atoms with Crippen LogP contribution in [0.15, 0.2) is 18.3 Å². The zero-order chi connectivity index (χ0) is 13.0. The van der Waals surface area contributed by atoms with Gasteiger partial charge >= 0.3 is 5.97 Å². The molecule has 0 spiro atoms. The SMILES string of the molecule is CCC(C)N(CC(=O)O)C(=O)c1cccn1C. The summed E-state index contributed by atoms with van der Waals surface area (Å²) < 4.78 is 1.69. The molecule has 0 fully saturated rings. The smallest absolute Gasteiger partial charge is 0.323 e. The Morgan fingerprint density at radius 1 is 1.53 bits per heavy atom. The van der Waals surface area contributed by atoms with Crippen molar-refractivity contribution >= 4 is 11.9 Å². The van der Waals surface area contributed by atoms with Crippen molar-refractivity contribution in [2.45, 2.75) is 26.3 Å². The number of hydrogen-bond donors (Lipinski definition) is 1. The fourth-order valence-electron chi connectivity index (χ4n) is 1.62. The van der Waals surface area contributed by atoms with Crippen molar-refractivity contribution in [3.05, 3.63) is 24.0 Å². The van der Waals surface area contributed by atoms with Crippen LogP contribution in [0.5, 0.6) is 0 Å². The Labute approximate surface area is 101 Å². The molecule has 1 rings (SSSR count). The lowest BCUT2D eigenvalue weighted by molar-refractivity contribution is -0.138. The van der Waals surface area contributed by atoms with Crippen LogP contribution >= 0.6 is 0 Å². The number of aliphatic carboxylic acids is 1. The van der Waals surface area contributed by atoms with Crippen LogP contribution < -0.4 is 0 Å². The van der Waals surface area contributed by atoms with E-state index >= 15 is 0 Å². The Morgan fingerprint density at radius 3 is 2.59 bits per heavy atom. The fourth-order valence-corrected chi connectivity index (χ4v) is 1.62. The van der Waals surface area contributed by atoms with Gasteiger partial charge in [-0.1, -0.05) is 6.92 Å². The molecule has 1 heterocycles. The number of rotatable bonds is 5. The fraction of sp³-hybridized carbons (Fsp3) is 0.500. The molecule has 0 aliphatic rings. The first kappa shape index (κ1) is 13.3. The number of amides is 1. The summed E-state index contributed by atoms with van der Waals surface area (Å²) in [5.74, 6) is -1.23. The third-order valence-corrected chi connectivity index (χ3v) is 2.85. The third-order valence-electron chi connectivity index (χ3n) is 2.85. The van der Waals surface area contributed by atoms with Gasteiger partial charge in [0.2, 0.25) is 0 Å². The van der Waals surface area contributed by atoms with Gasteiger partial charge in [0.25, 0.3) is 5.91 Å². The van der Waals surface area contributed by atoms with Gasteiger partial charge in [-0.25, -0.2) is 0 Å². The molecule has 0 bridgehead atoms. The molecule has 5 heteroatoms. The Morgan fingerprint density at radius 2 is 2.18 bits per heavy atom. The van der Waals surface area contributed by atoms with Gasteiger partial charge in [-0.2, -0.15) is 0 Å². The van der Waals surface area contributed by atoms with Crippen molar-refractivity contribution in [3.63, 3.8) is 0 Å². The first-order chi connectivity index (χ1) is 7.97. The van der Waals surface area contributed by atoms with Crippen LogP contribution in [0.25, 0.3) is 0 Å². The van der Waals surface area contributed by atoms with E-state index in [2.05, 4.69) is 0 Å². The second-order valence-electron chi connectivity index (χ2n) is 4.09. The summed E-state index contributed by atoms with van der Waals surface area (Å²) >= 11 is 0. The maximum Gasteiger partial charge on any atom is 0.323 e. The molecular formula is C12H18N2O3. The van der Waals surface area contributed by atoms with Crippen molar-refractivity contribution < 1.29 is 14.7 Å². The van der Waals surface area contributed by atoms with E-state index in [1.54, 1.807) is 29.9 Å². The maximum atomic E-state index is 12.2. The largest absolute Gasteiger partial charge is 0.480 e. The van der Waals surface area contributed by atoms with Gasteiger partial charge in [0.05, 0.1) is 0 Å². The molecule has 1 atom stereocenters. The van der Waals surface area contributed by atoms with E-state index in [0.717, 1.165) is 6.42 Å². The van der Waals surface area contributed by atoms with Gasteiger partial charge in [-0.05, 0) is 25.5 Å². The Bertz CT molecular complexity index is 412. The summed E-state index contributed by atoms with van der Waals surface area (Å²) in [6, 6.07) is 3.37. The predicted molar refractivity (Wildman–Crippen MR) is 63.8 cm³/mol. The normalized spacial score (nSPS) is 12.2. The summed E-state index contributed by atoms with van der Waals surface area (Å²) in [4.78, 5) is 24.4. The highest BCUT2D eigenvalue weighted by Crippen LogP contribution is 2.10. The van der Waals surface area contributed by atoms with Gasteiger partial charge in [0.15, 0.2) is 0 Å². The number of carboxylic acid groups (broad SMARTS) is 1. The lowest BCUT2D eigenvalue weighted by atomic mass is 10.2. The quantitative estimate of drug-likeness (QED) is 0.842. The standard InChI is InChI=1S/C12H18N2O3/c1-4-9(2)14(8-11(15)16)12(17)10-6-5-7-13(10)3/h5-7,9H,4,8H2,1-3H3,(H,15,16). The highest BCUT2D eigenvalue weighted by atomic mass is 16.4. The van der Waals surface area contributed by atoms with Crippen molar-refractivity contribution in [1.82, 2.24) is 9.47 Å². The van der Waals surface area contributed by atoms with Crippen LogP contribution in [-0.4, -0.2) is 39.0 Å². The van der Waals surface area contributed by atoms with E-state index in [1.807, 2.05) is 13.8 Å². The van der Waals surface area contributed by atoms with E-state index in [1.165, 1.54) is 4.90 Å². The van der Waals surface area contributed by atoms with Gasteiger partial charge in [-0.15, -0.1) is 0 Å². The van der Waals surface area contributed by atoms with Crippen LogP contribution in [0.1, 0.15) is 30.8 Å². The van der Waals surface area contributed by atoms with E-state index < -0.39 is 5.97 Å². The number of carboxylic acids is 1. The van der Waals surface area contributed by atoms with Crippen molar-refractivity contribution in [2.75, 3.05) is 6.54 Å². The van der Waals surface area contributed by atoms with Crippen molar-refractivity contribution in [1.29, 1.82) is 0 Å². The molecule has 1 aromatic heterocycles. The molecule has 0 aromatic carbocycles. The van der Waals surface area contributed by atoms with E-state index in [0.29, 0.717) is 5.69 Å². The van der Waals surface area contributed by atoms with E-state index in [9.17, 15) is 9.59 Å². The predicted octanol–water partition coefficient (Wildman–Crippen LogP) is 1.35.